The number of likely N-dealkylation sites (tertiary alicyclic amines) is 1. The average Bonchev–Trinajstić information content (AvgIpc) is 2.67. The maximum absolute atomic E-state index is 13.4. The Balaban J connectivity index is 1.73. The molecule has 6 heteroatoms. The molecule has 0 aliphatic carbocycles. The Kier molecular flexibility index (Phi) is 4.82. The number of aliphatic hydroxyl groups excluding tert-OH is 1. The zero-order valence-electron chi connectivity index (χ0n) is 16.9. The molecule has 2 N–H and O–H groups in total. The summed E-state index contributed by atoms with van der Waals surface area (Å²) in [6.45, 7) is 5.71. The minimum absolute atomic E-state index is 0.123. The predicted octanol–water partition coefficient (Wildman–Crippen LogP) is 2.98. The summed E-state index contributed by atoms with van der Waals surface area (Å²) in [5.41, 5.74) is 2.76. The van der Waals surface area contributed by atoms with Gasteiger partial charge in [-0.1, -0.05) is 35.9 Å². The molecule has 3 atom stereocenters. The Morgan fingerprint density at radius 1 is 1.28 bits per heavy atom. The van der Waals surface area contributed by atoms with Crippen molar-refractivity contribution in [1.82, 2.24) is 4.90 Å². The maximum atomic E-state index is 13.4. The van der Waals surface area contributed by atoms with Crippen LogP contribution >= 0.6 is 0 Å². The van der Waals surface area contributed by atoms with Gasteiger partial charge in [-0.05, 0) is 44.0 Å². The molecule has 2 bridgehead atoms. The van der Waals surface area contributed by atoms with Crippen molar-refractivity contribution in [3.63, 3.8) is 0 Å². The first-order valence-electron chi connectivity index (χ1n) is 9.92. The quantitative estimate of drug-likeness (QED) is 0.782. The third-order valence-corrected chi connectivity index (χ3v) is 6.00. The molecule has 2 aromatic rings. The van der Waals surface area contributed by atoms with Gasteiger partial charge in [0.2, 0.25) is 11.8 Å². The van der Waals surface area contributed by atoms with Crippen LogP contribution in [0.3, 0.4) is 0 Å². The number of nitrogens with zero attached hydrogens (tertiary/aromatic N) is 1. The van der Waals surface area contributed by atoms with Crippen molar-refractivity contribution in [1.29, 1.82) is 0 Å². The van der Waals surface area contributed by atoms with Gasteiger partial charge >= 0.3 is 0 Å². The molecule has 1 fully saturated rings. The lowest BCUT2D eigenvalue weighted by molar-refractivity contribution is -0.176. The van der Waals surface area contributed by atoms with E-state index in [1.54, 1.807) is 0 Å². The van der Waals surface area contributed by atoms with Crippen LogP contribution in [0.5, 0.6) is 5.75 Å². The van der Waals surface area contributed by atoms with Crippen LogP contribution in [0.4, 0.5) is 5.69 Å². The number of carbonyl (C=O) groups is 2. The fourth-order valence-electron chi connectivity index (χ4n) is 4.62. The zero-order valence-corrected chi connectivity index (χ0v) is 16.9. The number of para-hydroxylation sites is 1. The van der Waals surface area contributed by atoms with Gasteiger partial charge in [-0.2, -0.15) is 0 Å². The molecule has 2 amide bonds. The maximum Gasteiger partial charge on any atom is 0.238 e. The van der Waals surface area contributed by atoms with Crippen molar-refractivity contribution < 1.29 is 19.4 Å². The number of amides is 2. The van der Waals surface area contributed by atoms with Crippen molar-refractivity contribution in [2.24, 2.45) is 5.92 Å². The monoisotopic (exact) mass is 394 g/mol. The van der Waals surface area contributed by atoms with Crippen LogP contribution in [-0.2, 0) is 9.59 Å². The molecule has 29 heavy (non-hydrogen) atoms. The summed E-state index contributed by atoms with van der Waals surface area (Å²) in [6, 6.07) is 13.4. The summed E-state index contributed by atoms with van der Waals surface area (Å²) in [4.78, 5) is 28.2. The van der Waals surface area contributed by atoms with Crippen LogP contribution in [0.1, 0.15) is 36.0 Å². The van der Waals surface area contributed by atoms with Crippen molar-refractivity contribution in [3.05, 3.63) is 59.2 Å². The van der Waals surface area contributed by atoms with Crippen molar-refractivity contribution in [2.75, 3.05) is 18.5 Å². The van der Waals surface area contributed by atoms with E-state index in [0.717, 1.165) is 16.7 Å². The van der Waals surface area contributed by atoms with E-state index >= 15 is 0 Å². The lowest BCUT2D eigenvalue weighted by Gasteiger charge is -2.52. The number of fused-ring (bicyclic) bond motifs is 4. The first-order chi connectivity index (χ1) is 13.8. The van der Waals surface area contributed by atoms with Gasteiger partial charge in [-0.25, -0.2) is 0 Å². The lowest BCUT2D eigenvalue weighted by atomic mass is 9.73. The highest BCUT2D eigenvalue weighted by molar-refractivity contribution is 6.08. The fourth-order valence-corrected chi connectivity index (χ4v) is 4.62. The number of aryl methyl sites for hydroxylation is 2. The molecule has 2 aliphatic heterocycles. The highest BCUT2D eigenvalue weighted by Gasteiger charge is 2.55. The van der Waals surface area contributed by atoms with Gasteiger partial charge in [0.05, 0.1) is 6.61 Å². The van der Waals surface area contributed by atoms with Crippen LogP contribution < -0.4 is 10.1 Å². The SMILES string of the molecule is Cc1ccc(NC(=O)[C@H]2C(=O)N(CCO)[C@@]3(C)C[C@H]2c2ccccc2O3)c(C)c1. The van der Waals surface area contributed by atoms with Gasteiger partial charge in [0, 0.05) is 24.6 Å². The van der Waals surface area contributed by atoms with E-state index in [1.807, 2.05) is 63.2 Å². The minimum Gasteiger partial charge on any atom is -0.468 e. The van der Waals surface area contributed by atoms with Crippen LogP contribution in [0.15, 0.2) is 42.5 Å². The number of ether oxygens (including phenoxy) is 1. The number of nitrogens with one attached hydrogen (secondary N) is 1. The number of anilines is 1. The number of hydrogen-bond donors (Lipinski definition) is 2. The van der Waals surface area contributed by atoms with E-state index in [1.165, 1.54) is 4.90 Å². The molecule has 4 rings (SSSR count). The Hall–Kier alpha value is -2.86. The molecule has 2 aromatic carbocycles. The molecule has 0 unspecified atom stereocenters. The summed E-state index contributed by atoms with van der Waals surface area (Å²) in [5.74, 6) is -1.10. The van der Waals surface area contributed by atoms with Crippen molar-refractivity contribution in [3.8, 4) is 5.75 Å². The highest BCUT2D eigenvalue weighted by Crippen LogP contribution is 2.50. The summed E-state index contributed by atoms with van der Waals surface area (Å²) < 4.78 is 6.17. The minimum atomic E-state index is -0.880. The van der Waals surface area contributed by atoms with Crippen LogP contribution in [0.2, 0.25) is 0 Å². The number of rotatable bonds is 4. The molecular formula is C23H26N2O4. The van der Waals surface area contributed by atoms with Gasteiger partial charge in [-0.15, -0.1) is 0 Å². The molecule has 0 radical (unpaired) electrons. The molecule has 1 saturated heterocycles. The first kappa shape index (κ1) is 19.5. The number of hydrogen-bond acceptors (Lipinski definition) is 4. The summed E-state index contributed by atoms with van der Waals surface area (Å²) in [5, 5.41) is 12.5. The molecule has 0 spiro atoms. The number of piperidine rings is 1. The second-order valence-corrected chi connectivity index (χ2v) is 8.12. The fraction of sp³-hybridized carbons (Fsp3) is 0.391. The molecular weight excluding hydrogens is 368 g/mol. The third-order valence-electron chi connectivity index (χ3n) is 6.00. The Morgan fingerprint density at radius 2 is 2.03 bits per heavy atom. The highest BCUT2D eigenvalue weighted by atomic mass is 16.5. The zero-order chi connectivity index (χ0) is 20.8. The number of aliphatic hydroxyl groups is 1. The van der Waals surface area contributed by atoms with Gasteiger partial charge in [0.1, 0.15) is 11.7 Å². The number of carbonyl (C=O) groups excluding carboxylic acids is 2. The van der Waals surface area contributed by atoms with E-state index in [-0.39, 0.29) is 30.9 Å². The molecule has 0 saturated carbocycles. The Bertz CT molecular complexity index is 973. The summed E-state index contributed by atoms with van der Waals surface area (Å²) in [7, 11) is 0. The molecule has 0 aromatic heterocycles. The summed E-state index contributed by atoms with van der Waals surface area (Å²) >= 11 is 0. The Labute approximate surface area is 170 Å². The van der Waals surface area contributed by atoms with Gasteiger partial charge in [-0.3, -0.25) is 9.59 Å². The molecule has 2 heterocycles. The van der Waals surface area contributed by atoms with Gasteiger partial charge < -0.3 is 20.1 Å². The second-order valence-electron chi connectivity index (χ2n) is 8.12. The largest absolute Gasteiger partial charge is 0.468 e. The number of benzene rings is 2. The van der Waals surface area contributed by atoms with Gasteiger partial charge in [0.25, 0.3) is 0 Å². The predicted molar refractivity (Wildman–Crippen MR) is 110 cm³/mol. The standard InChI is InChI=1S/C23H26N2O4/c1-14-8-9-18(15(2)12-14)24-21(27)20-17-13-23(3,25(10-11-26)22(20)28)29-19-7-5-4-6-16(17)19/h4-9,12,17,20,26H,10-11,13H2,1-3H3,(H,24,27)/t17-,20-,23+/m0/s1. The van der Waals surface area contributed by atoms with Crippen LogP contribution in [0.25, 0.3) is 0 Å². The normalized spacial score (nSPS) is 25.2. The Morgan fingerprint density at radius 3 is 2.76 bits per heavy atom. The smallest absolute Gasteiger partial charge is 0.238 e. The van der Waals surface area contributed by atoms with Crippen molar-refractivity contribution in [2.45, 2.75) is 38.8 Å². The molecule has 152 valence electrons. The lowest BCUT2D eigenvalue weighted by Crippen LogP contribution is -2.64. The van der Waals surface area contributed by atoms with E-state index in [9.17, 15) is 14.7 Å². The van der Waals surface area contributed by atoms with E-state index in [4.69, 9.17) is 4.74 Å². The van der Waals surface area contributed by atoms with Gasteiger partial charge in [0.15, 0.2) is 5.72 Å². The third kappa shape index (κ3) is 3.27. The molecule has 2 aliphatic rings. The first-order valence-corrected chi connectivity index (χ1v) is 9.92. The van der Waals surface area contributed by atoms with E-state index in [0.29, 0.717) is 17.9 Å². The van der Waals surface area contributed by atoms with Crippen molar-refractivity contribution >= 4 is 17.5 Å². The topological polar surface area (TPSA) is 78.9 Å². The second kappa shape index (κ2) is 7.19. The summed E-state index contributed by atoms with van der Waals surface area (Å²) in [6.07, 6.45) is 0.501. The van der Waals surface area contributed by atoms with Crippen LogP contribution in [-0.4, -0.2) is 40.7 Å². The average molecular weight is 394 g/mol. The molecule has 6 nitrogen and oxygen atoms in total. The van der Waals surface area contributed by atoms with E-state index < -0.39 is 11.6 Å². The number of β-amino-alcohol motifs (C(OH)–C–C–N with tert-alkyl or cyclic N) is 1. The van der Waals surface area contributed by atoms with Crippen LogP contribution in [0, 0.1) is 19.8 Å². The van der Waals surface area contributed by atoms with E-state index in [2.05, 4.69) is 5.32 Å².